The lowest BCUT2D eigenvalue weighted by molar-refractivity contribution is 0.265. The molecule has 0 radical (unpaired) electrons. The molecule has 0 bridgehead atoms. The van der Waals surface area contributed by atoms with Crippen LogP contribution in [0, 0.1) is 5.92 Å². The van der Waals surface area contributed by atoms with Gasteiger partial charge in [-0.3, -0.25) is 4.99 Å². The van der Waals surface area contributed by atoms with Crippen LogP contribution in [0.4, 0.5) is 0 Å². The standard InChI is InChI=1S/C13H27N3S/c1-11-7-6-8-16(9-11)12(14-4)15-10-13(2,3)17-5/h11H,6-10H2,1-5H3,(H,14,15). The van der Waals surface area contributed by atoms with Gasteiger partial charge in [0.2, 0.25) is 0 Å². The van der Waals surface area contributed by atoms with Crippen LogP contribution in [-0.4, -0.2) is 48.5 Å². The summed E-state index contributed by atoms with van der Waals surface area (Å²) in [4.78, 5) is 6.80. The molecule has 0 saturated carbocycles. The highest BCUT2D eigenvalue weighted by Gasteiger charge is 2.21. The van der Waals surface area contributed by atoms with Gasteiger partial charge in [0.25, 0.3) is 0 Å². The Labute approximate surface area is 110 Å². The number of hydrogen-bond acceptors (Lipinski definition) is 2. The van der Waals surface area contributed by atoms with Gasteiger partial charge >= 0.3 is 0 Å². The van der Waals surface area contributed by atoms with E-state index in [1.807, 2.05) is 18.8 Å². The molecule has 0 aromatic rings. The van der Waals surface area contributed by atoms with Crippen LogP contribution in [0.3, 0.4) is 0 Å². The largest absolute Gasteiger partial charge is 0.355 e. The molecule has 17 heavy (non-hydrogen) atoms. The number of guanidine groups is 1. The molecule has 1 rings (SSSR count). The molecule has 0 spiro atoms. The number of piperidine rings is 1. The van der Waals surface area contributed by atoms with Crippen molar-refractivity contribution in [3.63, 3.8) is 0 Å². The SMILES string of the molecule is CN=C(NCC(C)(C)SC)N1CCCC(C)C1. The van der Waals surface area contributed by atoms with Crippen molar-refractivity contribution < 1.29 is 0 Å². The fraction of sp³-hybridized carbons (Fsp3) is 0.923. The van der Waals surface area contributed by atoms with Crippen LogP contribution in [0.2, 0.25) is 0 Å². The zero-order valence-corrected chi connectivity index (χ0v) is 12.7. The Bertz CT molecular complexity index is 263. The summed E-state index contributed by atoms with van der Waals surface area (Å²) in [6.07, 6.45) is 4.80. The Kier molecular flexibility index (Phi) is 5.63. The van der Waals surface area contributed by atoms with Crippen LogP contribution in [0.25, 0.3) is 0 Å². The second-order valence-electron chi connectivity index (χ2n) is 5.56. The van der Waals surface area contributed by atoms with Gasteiger partial charge in [-0.05, 0) is 38.9 Å². The number of likely N-dealkylation sites (tertiary alicyclic amines) is 1. The van der Waals surface area contributed by atoms with Crippen molar-refractivity contribution in [2.75, 3.05) is 32.9 Å². The third-order valence-electron chi connectivity index (χ3n) is 3.39. The van der Waals surface area contributed by atoms with Gasteiger partial charge in [0.05, 0.1) is 0 Å². The van der Waals surface area contributed by atoms with Gasteiger partial charge in [-0.2, -0.15) is 11.8 Å². The first kappa shape index (κ1) is 14.7. The molecule has 1 aliphatic rings. The highest BCUT2D eigenvalue weighted by Crippen LogP contribution is 2.20. The molecule has 0 aliphatic carbocycles. The molecule has 0 aromatic carbocycles. The molecule has 4 heteroatoms. The lowest BCUT2D eigenvalue weighted by Crippen LogP contribution is -2.49. The van der Waals surface area contributed by atoms with Crippen molar-refractivity contribution in [3.05, 3.63) is 0 Å². The average molecular weight is 257 g/mol. The monoisotopic (exact) mass is 257 g/mol. The Morgan fingerprint density at radius 2 is 2.24 bits per heavy atom. The topological polar surface area (TPSA) is 27.6 Å². The Morgan fingerprint density at radius 1 is 1.53 bits per heavy atom. The number of thioether (sulfide) groups is 1. The first-order valence-corrected chi connectivity index (χ1v) is 7.71. The number of hydrogen-bond donors (Lipinski definition) is 1. The summed E-state index contributed by atoms with van der Waals surface area (Å²) in [6.45, 7) is 10.1. The van der Waals surface area contributed by atoms with E-state index in [1.165, 1.54) is 12.8 Å². The molecule has 0 amide bonds. The van der Waals surface area contributed by atoms with E-state index in [-0.39, 0.29) is 4.75 Å². The molecule has 1 unspecified atom stereocenters. The minimum atomic E-state index is 0.261. The molecule has 1 saturated heterocycles. The number of aliphatic imine (C=N–C) groups is 1. The van der Waals surface area contributed by atoms with E-state index in [0.717, 1.165) is 31.5 Å². The van der Waals surface area contributed by atoms with Crippen molar-refractivity contribution in [2.45, 2.75) is 38.4 Å². The maximum Gasteiger partial charge on any atom is 0.193 e. The van der Waals surface area contributed by atoms with E-state index in [4.69, 9.17) is 0 Å². The second kappa shape index (κ2) is 6.53. The third-order valence-corrected chi connectivity index (χ3v) is 4.64. The number of nitrogens with zero attached hydrogens (tertiary/aromatic N) is 2. The second-order valence-corrected chi connectivity index (χ2v) is 7.07. The first-order chi connectivity index (χ1) is 7.98. The van der Waals surface area contributed by atoms with Gasteiger partial charge in [0, 0.05) is 31.4 Å². The smallest absolute Gasteiger partial charge is 0.193 e. The summed E-state index contributed by atoms with van der Waals surface area (Å²) < 4.78 is 0.261. The average Bonchev–Trinajstić information content (AvgIpc) is 2.30. The van der Waals surface area contributed by atoms with Crippen molar-refractivity contribution in [3.8, 4) is 0 Å². The fourth-order valence-electron chi connectivity index (χ4n) is 2.08. The highest BCUT2D eigenvalue weighted by molar-refractivity contribution is 7.99. The Balaban J connectivity index is 2.49. The van der Waals surface area contributed by atoms with Gasteiger partial charge in [0.1, 0.15) is 0 Å². The molecule has 0 aromatic heterocycles. The van der Waals surface area contributed by atoms with Crippen LogP contribution in [0.1, 0.15) is 33.6 Å². The van der Waals surface area contributed by atoms with Crippen LogP contribution in [0.15, 0.2) is 4.99 Å². The first-order valence-electron chi connectivity index (χ1n) is 6.49. The summed E-state index contributed by atoms with van der Waals surface area (Å²) in [5.74, 6) is 1.86. The van der Waals surface area contributed by atoms with Gasteiger partial charge in [-0.25, -0.2) is 0 Å². The van der Waals surface area contributed by atoms with E-state index in [1.54, 1.807) is 0 Å². The Hall–Kier alpha value is -0.380. The maximum atomic E-state index is 4.41. The molecule has 3 nitrogen and oxygen atoms in total. The predicted molar refractivity (Wildman–Crippen MR) is 78.9 cm³/mol. The van der Waals surface area contributed by atoms with Crippen molar-refractivity contribution >= 4 is 17.7 Å². The molecular formula is C13H27N3S. The van der Waals surface area contributed by atoms with Crippen molar-refractivity contribution in [1.82, 2.24) is 10.2 Å². The molecule has 100 valence electrons. The molecular weight excluding hydrogens is 230 g/mol. The van der Waals surface area contributed by atoms with Gasteiger partial charge in [-0.1, -0.05) is 6.92 Å². The molecule has 1 fully saturated rings. The molecule has 1 atom stereocenters. The quantitative estimate of drug-likeness (QED) is 0.621. The number of rotatable bonds is 3. The predicted octanol–water partition coefficient (Wildman–Crippen LogP) is 2.44. The lowest BCUT2D eigenvalue weighted by atomic mass is 10.0. The van der Waals surface area contributed by atoms with Crippen molar-refractivity contribution in [1.29, 1.82) is 0 Å². The summed E-state index contributed by atoms with van der Waals surface area (Å²) in [6, 6.07) is 0. The van der Waals surface area contributed by atoms with E-state index in [0.29, 0.717) is 0 Å². The summed E-state index contributed by atoms with van der Waals surface area (Å²) in [5.41, 5.74) is 0. The fourth-order valence-corrected chi connectivity index (χ4v) is 2.29. The van der Waals surface area contributed by atoms with E-state index in [2.05, 4.69) is 42.2 Å². The highest BCUT2D eigenvalue weighted by atomic mass is 32.2. The zero-order valence-electron chi connectivity index (χ0n) is 11.9. The van der Waals surface area contributed by atoms with Crippen LogP contribution in [0.5, 0.6) is 0 Å². The minimum absolute atomic E-state index is 0.261. The minimum Gasteiger partial charge on any atom is -0.355 e. The van der Waals surface area contributed by atoms with Gasteiger partial charge in [0.15, 0.2) is 5.96 Å². The van der Waals surface area contributed by atoms with E-state index >= 15 is 0 Å². The maximum absolute atomic E-state index is 4.41. The summed E-state index contributed by atoms with van der Waals surface area (Å²) in [7, 11) is 1.88. The third kappa shape index (κ3) is 4.78. The zero-order chi connectivity index (χ0) is 12.9. The molecule has 1 N–H and O–H groups in total. The van der Waals surface area contributed by atoms with Crippen LogP contribution < -0.4 is 5.32 Å². The van der Waals surface area contributed by atoms with Gasteiger partial charge in [-0.15, -0.1) is 0 Å². The summed E-state index contributed by atoms with van der Waals surface area (Å²) >= 11 is 1.89. The van der Waals surface area contributed by atoms with Crippen molar-refractivity contribution in [2.24, 2.45) is 10.9 Å². The number of nitrogens with one attached hydrogen (secondary N) is 1. The molecule has 1 aliphatic heterocycles. The molecule has 1 heterocycles. The van der Waals surface area contributed by atoms with Crippen LogP contribution >= 0.6 is 11.8 Å². The lowest BCUT2D eigenvalue weighted by Gasteiger charge is -2.35. The van der Waals surface area contributed by atoms with Gasteiger partial charge < -0.3 is 10.2 Å². The van der Waals surface area contributed by atoms with E-state index < -0.39 is 0 Å². The normalized spacial score (nSPS) is 22.8. The Morgan fingerprint density at radius 3 is 2.76 bits per heavy atom. The van der Waals surface area contributed by atoms with E-state index in [9.17, 15) is 0 Å². The summed E-state index contributed by atoms with van der Waals surface area (Å²) in [5, 5.41) is 3.51. The van der Waals surface area contributed by atoms with Crippen LogP contribution in [-0.2, 0) is 0 Å².